The molecule has 0 fully saturated rings. The van der Waals surface area contributed by atoms with Crippen LogP contribution in [-0.4, -0.2) is 18.5 Å². The lowest BCUT2D eigenvalue weighted by molar-refractivity contribution is -0.147. The van der Waals surface area contributed by atoms with Crippen molar-refractivity contribution in [3.8, 4) is 0 Å². The summed E-state index contributed by atoms with van der Waals surface area (Å²) in [6.07, 6.45) is 0.863. The van der Waals surface area contributed by atoms with E-state index < -0.39 is 0 Å². The van der Waals surface area contributed by atoms with Gasteiger partial charge in [-0.2, -0.15) is 0 Å². The second-order valence-electron chi connectivity index (χ2n) is 5.16. The number of hydrogen-bond donors (Lipinski definition) is 1. The molecule has 0 atom stereocenters. The summed E-state index contributed by atoms with van der Waals surface area (Å²) < 4.78 is 5.97. The highest BCUT2D eigenvalue weighted by Crippen LogP contribution is 2.19. The molecule has 120 valence electrons. The summed E-state index contributed by atoms with van der Waals surface area (Å²) in [6, 6.07) is 15.2. The maximum Gasteiger partial charge on any atom is 0.306 e. The Balaban J connectivity index is 1.73. The Morgan fingerprint density at radius 1 is 1.13 bits per heavy atom. The van der Waals surface area contributed by atoms with Gasteiger partial charge in [0.15, 0.2) is 6.61 Å². The number of rotatable bonds is 6. The van der Waals surface area contributed by atoms with Crippen LogP contribution in [0.2, 0.25) is 0 Å². The number of nitrogens with one attached hydrogen (secondary N) is 1. The van der Waals surface area contributed by atoms with Crippen molar-refractivity contribution < 1.29 is 14.3 Å². The lowest BCUT2D eigenvalue weighted by atomic mass is 10.1. The van der Waals surface area contributed by atoms with E-state index in [0.29, 0.717) is 12.1 Å². The Labute approximate surface area is 144 Å². The molecule has 0 saturated heterocycles. The monoisotopic (exact) mass is 375 g/mol. The number of amides is 1. The number of benzene rings is 2. The molecule has 0 radical (unpaired) electrons. The van der Waals surface area contributed by atoms with Gasteiger partial charge in [0.2, 0.25) is 0 Å². The molecular weight excluding hydrogens is 358 g/mol. The third kappa shape index (κ3) is 5.87. The van der Waals surface area contributed by atoms with Crippen LogP contribution in [-0.2, 0) is 20.7 Å². The largest absolute Gasteiger partial charge is 0.456 e. The van der Waals surface area contributed by atoms with Crippen molar-refractivity contribution in [2.45, 2.75) is 19.8 Å². The Hall–Kier alpha value is -2.14. The summed E-state index contributed by atoms with van der Waals surface area (Å²) >= 11 is 3.40. The molecule has 2 rings (SSSR count). The number of esters is 1. The van der Waals surface area contributed by atoms with Crippen LogP contribution in [0, 0.1) is 6.92 Å². The van der Waals surface area contributed by atoms with Crippen molar-refractivity contribution in [2.75, 3.05) is 11.9 Å². The standard InChI is InChI=1S/C18H18BrNO3/c1-13-11-15(8-9-16(13)19)20-17(21)12-23-18(22)10-7-14-5-3-2-4-6-14/h2-6,8-9,11H,7,10,12H2,1H3,(H,20,21). The lowest BCUT2D eigenvalue weighted by Gasteiger charge is -2.08. The number of aryl methyl sites for hydroxylation is 2. The fraction of sp³-hybridized carbons (Fsp3) is 0.222. The SMILES string of the molecule is Cc1cc(NC(=O)COC(=O)CCc2ccccc2)ccc1Br. The fourth-order valence-corrected chi connectivity index (χ4v) is 2.28. The Morgan fingerprint density at radius 3 is 2.57 bits per heavy atom. The summed E-state index contributed by atoms with van der Waals surface area (Å²) in [6.45, 7) is 1.66. The third-order valence-electron chi connectivity index (χ3n) is 3.27. The van der Waals surface area contributed by atoms with E-state index in [2.05, 4.69) is 21.2 Å². The summed E-state index contributed by atoms with van der Waals surface area (Å²) in [7, 11) is 0. The van der Waals surface area contributed by atoms with E-state index in [1.165, 1.54) is 0 Å². The van der Waals surface area contributed by atoms with Gasteiger partial charge in [-0.25, -0.2) is 0 Å². The summed E-state index contributed by atoms with van der Waals surface area (Å²) in [5.41, 5.74) is 2.76. The molecule has 4 nitrogen and oxygen atoms in total. The van der Waals surface area contributed by atoms with Gasteiger partial charge in [-0.05, 0) is 42.7 Å². The second-order valence-corrected chi connectivity index (χ2v) is 6.01. The van der Waals surface area contributed by atoms with Gasteiger partial charge in [-0.3, -0.25) is 9.59 Å². The number of carbonyl (C=O) groups excluding carboxylic acids is 2. The van der Waals surface area contributed by atoms with E-state index in [-0.39, 0.29) is 24.9 Å². The molecule has 1 N–H and O–H groups in total. The smallest absolute Gasteiger partial charge is 0.306 e. The Kier molecular flexibility index (Phi) is 6.35. The van der Waals surface area contributed by atoms with Crippen LogP contribution in [0.15, 0.2) is 53.0 Å². The minimum absolute atomic E-state index is 0.259. The van der Waals surface area contributed by atoms with Gasteiger partial charge < -0.3 is 10.1 Å². The Bertz CT molecular complexity index is 686. The molecule has 0 unspecified atom stereocenters. The van der Waals surface area contributed by atoms with Crippen molar-refractivity contribution in [2.24, 2.45) is 0 Å². The zero-order chi connectivity index (χ0) is 16.7. The highest BCUT2D eigenvalue weighted by Gasteiger charge is 2.08. The van der Waals surface area contributed by atoms with Crippen molar-refractivity contribution >= 4 is 33.5 Å². The van der Waals surface area contributed by atoms with Gasteiger partial charge in [-0.15, -0.1) is 0 Å². The zero-order valence-electron chi connectivity index (χ0n) is 12.8. The number of anilines is 1. The van der Waals surface area contributed by atoms with E-state index in [1.807, 2.05) is 49.4 Å². The quantitative estimate of drug-likeness (QED) is 0.779. The van der Waals surface area contributed by atoms with E-state index in [4.69, 9.17) is 4.74 Å². The molecule has 0 spiro atoms. The molecular formula is C18H18BrNO3. The molecule has 0 aliphatic heterocycles. The van der Waals surface area contributed by atoms with Gasteiger partial charge in [0.1, 0.15) is 0 Å². The van der Waals surface area contributed by atoms with E-state index in [9.17, 15) is 9.59 Å². The van der Waals surface area contributed by atoms with E-state index in [0.717, 1.165) is 15.6 Å². The minimum Gasteiger partial charge on any atom is -0.456 e. The summed E-state index contributed by atoms with van der Waals surface area (Å²) in [5, 5.41) is 2.70. The zero-order valence-corrected chi connectivity index (χ0v) is 14.4. The van der Waals surface area contributed by atoms with Crippen LogP contribution in [0.25, 0.3) is 0 Å². The molecule has 23 heavy (non-hydrogen) atoms. The van der Waals surface area contributed by atoms with Gasteiger partial charge in [0.05, 0.1) is 0 Å². The average Bonchev–Trinajstić information content (AvgIpc) is 2.55. The maximum atomic E-state index is 11.8. The Morgan fingerprint density at radius 2 is 1.87 bits per heavy atom. The number of hydrogen-bond acceptors (Lipinski definition) is 3. The molecule has 2 aromatic rings. The summed E-state index contributed by atoms with van der Waals surface area (Å²) in [4.78, 5) is 23.5. The van der Waals surface area contributed by atoms with Crippen LogP contribution in [0.3, 0.4) is 0 Å². The number of halogens is 1. The molecule has 0 aliphatic rings. The first-order valence-corrected chi connectivity index (χ1v) is 8.09. The van der Waals surface area contributed by atoms with Crippen LogP contribution < -0.4 is 5.32 Å². The van der Waals surface area contributed by atoms with Crippen molar-refractivity contribution in [1.29, 1.82) is 0 Å². The molecule has 0 aromatic heterocycles. The van der Waals surface area contributed by atoms with Gasteiger partial charge in [0, 0.05) is 16.6 Å². The lowest BCUT2D eigenvalue weighted by Crippen LogP contribution is -2.21. The average molecular weight is 376 g/mol. The molecule has 0 aliphatic carbocycles. The van der Waals surface area contributed by atoms with Crippen LogP contribution in [0.4, 0.5) is 5.69 Å². The fourth-order valence-electron chi connectivity index (χ4n) is 2.03. The first-order valence-electron chi connectivity index (χ1n) is 7.30. The van der Waals surface area contributed by atoms with Crippen molar-refractivity contribution in [3.05, 3.63) is 64.1 Å². The molecule has 5 heteroatoms. The molecule has 0 heterocycles. The number of ether oxygens (including phenoxy) is 1. The topological polar surface area (TPSA) is 55.4 Å². The molecule has 1 amide bonds. The highest BCUT2D eigenvalue weighted by atomic mass is 79.9. The maximum absolute atomic E-state index is 11.8. The molecule has 0 bridgehead atoms. The van der Waals surface area contributed by atoms with Crippen molar-refractivity contribution in [1.82, 2.24) is 0 Å². The third-order valence-corrected chi connectivity index (χ3v) is 4.16. The molecule has 2 aromatic carbocycles. The summed E-state index contributed by atoms with van der Waals surface area (Å²) in [5.74, 6) is -0.726. The van der Waals surface area contributed by atoms with Crippen LogP contribution in [0.1, 0.15) is 17.5 Å². The first kappa shape index (κ1) is 17.2. The number of carbonyl (C=O) groups is 2. The minimum atomic E-state index is -0.379. The predicted octanol–water partition coefficient (Wildman–Crippen LogP) is 3.87. The predicted molar refractivity (Wildman–Crippen MR) is 93.2 cm³/mol. The van der Waals surface area contributed by atoms with Gasteiger partial charge >= 0.3 is 5.97 Å². The molecule has 0 saturated carbocycles. The first-order chi connectivity index (χ1) is 11.0. The van der Waals surface area contributed by atoms with E-state index >= 15 is 0 Å². The van der Waals surface area contributed by atoms with Crippen LogP contribution >= 0.6 is 15.9 Å². The van der Waals surface area contributed by atoms with Gasteiger partial charge in [-0.1, -0.05) is 46.3 Å². The second kappa shape index (κ2) is 8.48. The van der Waals surface area contributed by atoms with E-state index in [1.54, 1.807) is 6.07 Å². The highest BCUT2D eigenvalue weighted by molar-refractivity contribution is 9.10. The van der Waals surface area contributed by atoms with Crippen molar-refractivity contribution in [3.63, 3.8) is 0 Å². The van der Waals surface area contributed by atoms with Gasteiger partial charge in [0.25, 0.3) is 5.91 Å². The van der Waals surface area contributed by atoms with Crippen LogP contribution in [0.5, 0.6) is 0 Å². The normalized spacial score (nSPS) is 10.2.